The molecule has 6 heteroatoms. The number of nitrogens with zero attached hydrogens (tertiary/aromatic N) is 2. The van der Waals surface area contributed by atoms with E-state index >= 15 is 0 Å². The summed E-state index contributed by atoms with van der Waals surface area (Å²) in [6.45, 7) is 0. The molecule has 3 N–H and O–H groups in total. The largest absolute Gasteiger partial charge is 0.383 e. The molecule has 16 heavy (non-hydrogen) atoms. The number of ether oxygens (including phenoxy) is 1. The maximum absolute atomic E-state index is 5.77. The van der Waals surface area contributed by atoms with Crippen molar-refractivity contribution in [3.63, 3.8) is 0 Å². The molecule has 0 aromatic carbocycles. The second-order valence-corrected chi connectivity index (χ2v) is 5.07. The van der Waals surface area contributed by atoms with Crippen molar-refractivity contribution in [1.29, 1.82) is 0 Å². The molecule has 0 amide bonds. The Kier molecular flexibility index (Phi) is 2.48. The number of anilines is 2. The third kappa shape index (κ3) is 1.66. The van der Waals surface area contributed by atoms with Crippen molar-refractivity contribution in [2.24, 2.45) is 0 Å². The maximum atomic E-state index is 5.77. The van der Waals surface area contributed by atoms with Crippen LogP contribution >= 0.6 is 15.9 Å². The van der Waals surface area contributed by atoms with Crippen LogP contribution in [0.4, 0.5) is 11.6 Å². The van der Waals surface area contributed by atoms with Gasteiger partial charge in [-0.2, -0.15) is 0 Å². The molecule has 0 aliphatic carbocycles. The third-order valence-electron chi connectivity index (χ3n) is 3.24. The summed E-state index contributed by atoms with van der Waals surface area (Å²) >= 11 is 3.39. The highest BCUT2D eigenvalue weighted by Gasteiger charge is 2.41. The Balaban J connectivity index is 1.77. The van der Waals surface area contributed by atoms with E-state index in [1.807, 2.05) is 0 Å². The molecule has 2 aliphatic heterocycles. The Morgan fingerprint density at radius 3 is 3.00 bits per heavy atom. The molecule has 3 atom stereocenters. The molecule has 86 valence electrons. The van der Waals surface area contributed by atoms with Crippen LogP contribution in [0.5, 0.6) is 0 Å². The summed E-state index contributed by atoms with van der Waals surface area (Å²) in [4.78, 5) is 8.09. The standard InChI is InChI=1S/C10H13BrN4O/c11-8-9(12)13-4-14-10(8)15-6-3-5-1-2-7(6)16-5/h4-7H,1-3H2,(H3,12,13,14,15). The van der Waals surface area contributed by atoms with Gasteiger partial charge in [0.2, 0.25) is 0 Å². The quantitative estimate of drug-likeness (QED) is 0.862. The zero-order valence-electron chi connectivity index (χ0n) is 8.69. The first-order valence-electron chi connectivity index (χ1n) is 5.42. The smallest absolute Gasteiger partial charge is 0.146 e. The number of aromatic nitrogens is 2. The molecule has 0 radical (unpaired) electrons. The molecule has 3 heterocycles. The van der Waals surface area contributed by atoms with Gasteiger partial charge in [-0.05, 0) is 35.2 Å². The van der Waals surface area contributed by atoms with E-state index < -0.39 is 0 Å². The molecule has 0 spiro atoms. The second kappa shape index (κ2) is 3.85. The van der Waals surface area contributed by atoms with Gasteiger partial charge in [-0.1, -0.05) is 0 Å². The number of halogens is 1. The van der Waals surface area contributed by atoms with E-state index in [4.69, 9.17) is 10.5 Å². The van der Waals surface area contributed by atoms with Crippen LogP contribution in [0.2, 0.25) is 0 Å². The minimum atomic E-state index is 0.327. The molecule has 2 aliphatic rings. The van der Waals surface area contributed by atoms with Gasteiger partial charge < -0.3 is 15.8 Å². The van der Waals surface area contributed by atoms with Crippen molar-refractivity contribution >= 4 is 27.6 Å². The predicted molar refractivity (Wildman–Crippen MR) is 64.1 cm³/mol. The number of nitrogen functional groups attached to an aromatic ring is 1. The van der Waals surface area contributed by atoms with E-state index in [9.17, 15) is 0 Å². The molecule has 3 rings (SSSR count). The highest BCUT2D eigenvalue weighted by atomic mass is 79.9. The number of fused-ring (bicyclic) bond motifs is 2. The third-order valence-corrected chi connectivity index (χ3v) is 4.03. The van der Waals surface area contributed by atoms with Gasteiger partial charge in [0.25, 0.3) is 0 Å². The van der Waals surface area contributed by atoms with Crippen LogP contribution in [0.15, 0.2) is 10.8 Å². The van der Waals surface area contributed by atoms with Crippen LogP contribution in [0.1, 0.15) is 19.3 Å². The van der Waals surface area contributed by atoms with Gasteiger partial charge in [0.15, 0.2) is 0 Å². The topological polar surface area (TPSA) is 73.1 Å². The van der Waals surface area contributed by atoms with E-state index in [0.717, 1.165) is 23.1 Å². The summed E-state index contributed by atoms with van der Waals surface area (Å²) < 4.78 is 6.51. The SMILES string of the molecule is Nc1ncnc(NC2CC3CCC2O3)c1Br. The fraction of sp³-hybridized carbons (Fsp3) is 0.600. The van der Waals surface area contributed by atoms with E-state index in [2.05, 4.69) is 31.2 Å². The molecule has 1 aromatic heterocycles. The Hall–Kier alpha value is -0.880. The van der Waals surface area contributed by atoms with Crippen molar-refractivity contribution in [3.05, 3.63) is 10.8 Å². The van der Waals surface area contributed by atoms with Crippen LogP contribution in [-0.4, -0.2) is 28.2 Å². The number of rotatable bonds is 2. The zero-order valence-corrected chi connectivity index (χ0v) is 10.3. The van der Waals surface area contributed by atoms with Gasteiger partial charge in [-0.25, -0.2) is 9.97 Å². The molecule has 2 saturated heterocycles. The van der Waals surface area contributed by atoms with Crippen LogP contribution in [0.25, 0.3) is 0 Å². The first kappa shape index (κ1) is 10.3. The number of hydrogen-bond acceptors (Lipinski definition) is 5. The predicted octanol–water partition coefficient (Wildman–Crippen LogP) is 1.55. The molecule has 2 fully saturated rings. The summed E-state index contributed by atoms with van der Waals surface area (Å²) in [6, 6.07) is 0.351. The zero-order chi connectivity index (χ0) is 11.1. The minimum absolute atomic E-state index is 0.327. The molecule has 1 aromatic rings. The molecule has 2 bridgehead atoms. The Labute approximate surface area is 102 Å². The second-order valence-electron chi connectivity index (χ2n) is 4.28. The fourth-order valence-electron chi connectivity index (χ4n) is 2.45. The van der Waals surface area contributed by atoms with Gasteiger partial charge in [0.05, 0.1) is 18.2 Å². The van der Waals surface area contributed by atoms with Gasteiger partial charge >= 0.3 is 0 Å². The molecule has 3 unspecified atom stereocenters. The Morgan fingerprint density at radius 2 is 2.31 bits per heavy atom. The Morgan fingerprint density at radius 1 is 1.44 bits per heavy atom. The van der Waals surface area contributed by atoms with Crippen molar-refractivity contribution in [3.8, 4) is 0 Å². The fourth-order valence-corrected chi connectivity index (χ4v) is 2.77. The van der Waals surface area contributed by atoms with E-state index in [1.54, 1.807) is 0 Å². The van der Waals surface area contributed by atoms with E-state index in [-0.39, 0.29) is 0 Å². The number of nitrogens with one attached hydrogen (secondary N) is 1. The highest BCUT2D eigenvalue weighted by Crippen LogP contribution is 2.37. The van der Waals surface area contributed by atoms with Gasteiger partial charge in [-0.15, -0.1) is 0 Å². The summed E-state index contributed by atoms with van der Waals surface area (Å²) in [5, 5.41) is 3.38. The lowest BCUT2D eigenvalue weighted by atomic mass is 9.95. The summed E-state index contributed by atoms with van der Waals surface area (Å²) in [5.41, 5.74) is 5.70. The summed E-state index contributed by atoms with van der Waals surface area (Å²) in [6.07, 6.45) is 5.61. The minimum Gasteiger partial charge on any atom is -0.383 e. The molecular formula is C10H13BrN4O. The molecule has 0 saturated carbocycles. The van der Waals surface area contributed by atoms with E-state index in [0.29, 0.717) is 24.1 Å². The average Bonchev–Trinajstić information content (AvgIpc) is 2.86. The normalized spacial score (nSPS) is 31.9. The Bertz CT molecular complexity index is 414. The van der Waals surface area contributed by atoms with Crippen molar-refractivity contribution in [1.82, 2.24) is 9.97 Å². The first-order chi connectivity index (χ1) is 7.74. The maximum Gasteiger partial charge on any atom is 0.146 e. The van der Waals surface area contributed by atoms with Gasteiger partial charge in [-0.3, -0.25) is 0 Å². The van der Waals surface area contributed by atoms with Crippen molar-refractivity contribution in [2.45, 2.75) is 37.5 Å². The highest BCUT2D eigenvalue weighted by molar-refractivity contribution is 9.10. The lowest BCUT2D eigenvalue weighted by Crippen LogP contribution is -2.31. The van der Waals surface area contributed by atoms with Crippen LogP contribution < -0.4 is 11.1 Å². The van der Waals surface area contributed by atoms with E-state index in [1.165, 1.54) is 12.7 Å². The number of nitrogens with two attached hydrogens (primary N) is 1. The molecule has 5 nitrogen and oxygen atoms in total. The van der Waals surface area contributed by atoms with Gasteiger partial charge in [0.1, 0.15) is 22.4 Å². The molecular weight excluding hydrogens is 272 g/mol. The lowest BCUT2D eigenvalue weighted by Gasteiger charge is -2.21. The summed E-state index contributed by atoms with van der Waals surface area (Å²) in [5.74, 6) is 1.22. The average molecular weight is 285 g/mol. The first-order valence-corrected chi connectivity index (χ1v) is 6.21. The van der Waals surface area contributed by atoms with Crippen molar-refractivity contribution < 1.29 is 4.74 Å². The lowest BCUT2D eigenvalue weighted by molar-refractivity contribution is 0.102. The van der Waals surface area contributed by atoms with Crippen LogP contribution in [-0.2, 0) is 4.74 Å². The van der Waals surface area contributed by atoms with Crippen LogP contribution in [0, 0.1) is 0 Å². The van der Waals surface area contributed by atoms with Crippen LogP contribution in [0.3, 0.4) is 0 Å². The van der Waals surface area contributed by atoms with Crippen molar-refractivity contribution in [2.75, 3.05) is 11.1 Å². The summed E-state index contributed by atoms with van der Waals surface area (Å²) in [7, 11) is 0. The van der Waals surface area contributed by atoms with Gasteiger partial charge in [0, 0.05) is 0 Å². The number of hydrogen-bond donors (Lipinski definition) is 2. The monoisotopic (exact) mass is 284 g/mol.